The van der Waals surface area contributed by atoms with Crippen molar-refractivity contribution < 1.29 is 19.4 Å². The lowest BCUT2D eigenvalue weighted by Gasteiger charge is -2.13. The molecule has 0 aliphatic carbocycles. The number of nitrogens with zero attached hydrogens (tertiary/aromatic N) is 1. The van der Waals surface area contributed by atoms with Crippen LogP contribution in [0.1, 0.15) is 48.0 Å². The first-order chi connectivity index (χ1) is 8.97. The third kappa shape index (κ3) is 4.24. The number of nitrogens with one attached hydrogen (secondary N) is 1. The van der Waals surface area contributed by atoms with E-state index in [-0.39, 0.29) is 23.9 Å². The SMILES string of the molecule is CCOC(=O)c1cc(C(=O)O)cc(NC(C)CC)n1. The number of anilines is 1. The third-order valence-electron chi connectivity index (χ3n) is 2.56. The van der Waals surface area contributed by atoms with Gasteiger partial charge in [0.2, 0.25) is 0 Å². The molecule has 1 rings (SSSR count). The van der Waals surface area contributed by atoms with Crippen molar-refractivity contribution in [3.8, 4) is 0 Å². The maximum absolute atomic E-state index is 11.6. The topological polar surface area (TPSA) is 88.5 Å². The average molecular weight is 266 g/mol. The predicted molar refractivity (Wildman–Crippen MR) is 70.5 cm³/mol. The standard InChI is InChI=1S/C13H18N2O4/c1-4-8(3)14-11-7-9(12(16)17)6-10(15-11)13(18)19-5-2/h6-8H,4-5H2,1-3H3,(H,14,15)(H,16,17). The fourth-order valence-electron chi connectivity index (χ4n) is 1.39. The number of rotatable bonds is 6. The highest BCUT2D eigenvalue weighted by molar-refractivity contribution is 5.94. The zero-order chi connectivity index (χ0) is 14.4. The van der Waals surface area contributed by atoms with Crippen molar-refractivity contribution in [2.45, 2.75) is 33.2 Å². The van der Waals surface area contributed by atoms with Gasteiger partial charge < -0.3 is 15.2 Å². The summed E-state index contributed by atoms with van der Waals surface area (Å²) in [5, 5.41) is 12.1. The molecule has 1 atom stereocenters. The van der Waals surface area contributed by atoms with E-state index >= 15 is 0 Å². The van der Waals surface area contributed by atoms with E-state index in [4.69, 9.17) is 9.84 Å². The molecule has 0 radical (unpaired) electrons. The van der Waals surface area contributed by atoms with Crippen LogP contribution in [0.5, 0.6) is 0 Å². The second-order valence-electron chi connectivity index (χ2n) is 4.11. The van der Waals surface area contributed by atoms with Crippen molar-refractivity contribution in [1.29, 1.82) is 0 Å². The summed E-state index contributed by atoms with van der Waals surface area (Å²) >= 11 is 0. The van der Waals surface area contributed by atoms with Crippen LogP contribution in [0.4, 0.5) is 5.82 Å². The molecule has 1 aromatic heterocycles. The average Bonchev–Trinajstić information content (AvgIpc) is 2.38. The summed E-state index contributed by atoms with van der Waals surface area (Å²) in [5.74, 6) is -1.38. The fourth-order valence-corrected chi connectivity index (χ4v) is 1.39. The van der Waals surface area contributed by atoms with E-state index in [1.165, 1.54) is 12.1 Å². The van der Waals surface area contributed by atoms with Crippen LogP contribution in [0.25, 0.3) is 0 Å². The van der Waals surface area contributed by atoms with Gasteiger partial charge in [-0.25, -0.2) is 14.6 Å². The van der Waals surface area contributed by atoms with Crippen LogP contribution >= 0.6 is 0 Å². The molecule has 0 saturated carbocycles. The number of aromatic carboxylic acids is 1. The fraction of sp³-hybridized carbons (Fsp3) is 0.462. The maximum atomic E-state index is 11.6. The first kappa shape index (κ1) is 14.9. The van der Waals surface area contributed by atoms with Gasteiger partial charge in [0.1, 0.15) is 5.82 Å². The largest absolute Gasteiger partial charge is 0.478 e. The molecule has 1 unspecified atom stereocenters. The lowest BCUT2D eigenvalue weighted by molar-refractivity contribution is 0.0519. The Bertz CT molecular complexity index is 474. The number of carboxylic acids is 1. The summed E-state index contributed by atoms with van der Waals surface area (Å²) in [5.41, 5.74) is -0.00332. The van der Waals surface area contributed by atoms with Crippen LogP contribution in [0.15, 0.2) is 12.1 Å². The second-order valence-corrected chi connectivity index (χ2v) is 4.11. The summed E-state index contributed by atoms with van der Waals surface area (Å²) in [4.78, 5) is 26.7. The van der Waals surface area contributed by atoms with E-state index in [2.05, 4.69) is 10.3 Å². The Morgan fingerprint density at radius 2 is 2.11 bits per heavy atom. The Morgan fingerprint density at radius 3 is 2.63 bits per heavy atom. The maximum Gasteiger partial charge on any atom is 0.357 e. The second kappa shape index (κ2) is 6.72. The smallest absolute Gasteiger partial charge is 0.357 e. The highest BCUT2D eigenvalue weighted by Crippen LogP contribution is 2.13. The summed E-state index contributed by atoms with van der Waals surface area (Å²) in [6.45, 7) is 5.83. The van der Waals surface area contributed by atoms with E-state index in [1.54, 1.807) is 6.92 Å². The number of aromatic nitrogens is 1. The van der Waals surface area contributed by atoms with Crippen LogP contribution in [-0.4, -0.2) is 34.7 Å². The van der Waals surface area contributed by atoms with Crippen LogP contribution in [0, 0.1) is 0 Å². The zero-order valence-electron chi connectivity index (χ0n) is 11.3. The van der Waals surface area contributed by atoms with Gasteiger partial charge >= 0.3 is 11.9 Å². The summed E-state index contributed by atoms with van der Waals surface area (Å²) < 4.78 is 4.83. The molecule has 6 nitrogen and oxygen atoms in total. The number of pyridine rings is 1. The van der Waals surface area contributed by atoms with Gasteiger partial charge in [-0.15, -0.1) is 0 Å². The van der Waals surface area contributed by atoms with Crippen LogP contribution in [0.2, 0.25) is 0 Å². The van der Waals surface area contributed by atoms with Gasteiger partial charge in [0, 0.05) is 6.04 Å². The molecule has 6 heteroatoms. The van der Waals surface area contributed by atoms with Crippen molar-refractivity contribution in [2.24, 2.45) is 0 Å². The molecule has 0 amide bonds. The Balaban J connectivity index is 3.10. The van der Waals surface area contributed by atoms with Gasteiger partial charge in [-0.05, 0) is 32.4 Å². The zero-order valence-corrected chi connectivity index (χ0v) is 11.3. The third-order valence-corrected chi connectivity index (χ3v) is 2.56. The van der Waals surface area contributed by atoms with Crippen molar-refractivity contribution in [2.75, 3.05) is 11.9 Å². The molecule has 0 aromatic carbocycles. The van der Waals surface area contributed by atoms with Gasteiger partial charge in [-0.2, -0.15) is 0 Å². The van der Waals surface area contributed by atoms with Crippen LogP contribution in [-0.2, 0) is 4.74 Å². The van der Waals surface area contributed by atoms with Crippen molar-refractivity contribution in [1.82, 2.24) is 4.98 Å². The monoisotopic (exact) mass is 266 g/mol. The van der Waals surface area contributed by atoms with E-state index < -0.39 is 11.9 Å². The number of carbonyl (C=O) groups is 2. The van der Waals surface area contributed by atoms with E-state index in [0.29, 0.717) is 5.82 Å². The van der Waals surface area contributed by atoms with Gasteiger partial charge in [-0.1, -0.05) is 6.92 Å². The van der Waals surface area contributed by atoms with Crippen LogP contribution in [0.3, 0.4) is 0 Å². The van der Waals surface area contributed by atoms with Gasteiger partial charge in [0.25, 0.3) is 0 Å². The van der Waals surface area contributed by atoms with E-state index in [9.17, 15) is 9.59 Å². The first-order valence-electron chi connectivity index (χ1n) is 6.17. The lowest BCUT2D eigenvalue weighted by Crippen LogP contribution is -2.17. The molecule has 0 saturated heterocycles. The number of hydrogen-bond donors (Lipinski definition) is 2. The highest BCUT2D eigenvalue weighted by Gasteiger charge is 2.15. The van der Waals surface area contributed by atoms with E-state index in [1.807, 2.05) is 13.8 Å². The molecule has 0 aliphatic heterocycles. The number of ether oxygens (including phenoxy) is 1. The highest BCUT2D eigenvalue weighted by atomic mass is 16.5. The molecule has 1 aromatic rings. The Morgan fingerprint density at radius 1 is 1.42 bits per heavy atom. The first-order valence-corrected chi connectivity index (χ1v) is 6.17. The Labute approximate surface area is 111 Å². The van der Waals surface area contributed by atoms with E-state index in [0.717, 1.165) is 6.42 Å². The molecule has 0 aliphatic rings. The molecule has 104 valence electrons. The van der Waals surface area contributed by atoms with Gasteiger partial charge in [-0.3, -0.25) is 0 Å². The quantitative estimate of drug-likeness (QED) is 0.767. The number of carboxylic acid groups (broad SMARTS) is 1. The number of esters is 1. The minimum absolute atomic E-state index is 0.00357. The molecule has 19 heavy (non-hydrogen) atoms. The predicted octanol–water partition coefficient (Wildman–Crippen LogP) is 2.17. The van der Waals surface area contributed by atoms with Gasteiger partial charge in [0.15, 0.2) is 5.69 Å². The minimum atomic E-state index is -1.11. The number of carbonyl (C=O) groups excluding carboxylic acids is 1. The molecular formula is C13H18N2O4. The Kier molecular flexibility index (Phi) is 5.29. The molecule has 2 N–H and O–H groups in total. The molecule has 1 heterocycles. The van der Waals surface area contributed by atoms with Crippen LogP contribution < -0.4 is 5.32 Å². The lowest BCUT2D eigenvalue weighted by atomic mass is 10.2. The van der Waals surface area contributed by atoms with Gasteiger partial charge in [0.05, 0.1) is 12.2 Å². The van der Waals surface area contributed by atoms with Crippen molar-refractivity contribution in [3.63, 3.8) is 0 Å². The van der Waals surface area contributed by atoms with Crippen molar-refractivity contribution >= 4 is 17.8 Å². The molecule has 0 spiro atoms. The summed E-state index contributed by atoms with van der Waals surface area (Å²) in [7, 11) is 0. The molecule has 0 bridgehead atoms. The summed E-state index contributed by atoms with van der Waals surface area (Å²) in [6.07, 6.45) is 0.855. The minimum Gasteiger partial charge on any atom is -0.478 e. The Hall–Kier alpha value is -2.11. The molecular weight excluding hydrogens is 248 g/mol. The summed E-state index contributed by atoms with van der Waals surface area (Å²) in [6, 6.07) is 2.74. The van der Waals surface area contributed by atoms with Crippen molar-refractivity contribution in [3.05, 3.63) is 23.4 Å². The number of hydrogen-bond acceptors (Lipinski definition) is 5. The molecule has 0 fully saturated rings. The normalized spacial score (nSPS) is 11.7.